The van der Waals surface area contributed by atoms with Crippen LogP contribution in [0.15, 0.2) is 12.7 Å². The molecule has 7 heteroatoms. The maximum atomic E-state index is 10.7. The molecule has 0 saturated heterocycles. The average molecular weight is 260 g/mol. The van der Waals surface area contributed by atoms with Crippen LogP contribution in [0.25, 0.3) is 0 Å². The first kappa shape index (κ1) is 18.1. The van der Waals surface area contributed by atoms with Gasteiger partial charge >= 0.3 is 57.4 Å². The van der Waals surface area contributed by atoms with Gasteiger partial charge in [-0.3, -0.25) is 0 Å². The summed E-state index contributed by atoms with van der Waals surface area (Å²) in [6.07, 6.45) is 1.04. The third-order valence-electron chi connectivity index (χ3n) is 1.45. The number of hydrogen-bond acceptors (Lipinski definition) is 5. The molecular weight excluding hydrogens is 247 g/mol. The molecule has 0 spiro atoms. The molecule has 5 nitrogen and oxygen atoms in total. The molecule has 0 radical (unpaired) electrons. The zero-order chi connectivity index (χ0) is 11.2. The van der Waals surface area contributed by atoms with E-state index < -0.39 is 27.9 Å². The molecule has 1 unspecified atom stereocenters. The smallest absolute Gasteiger partial charge is 0.748 e. The van der Waals surface area contributed by atoms with Crippen LogP contribution in [0.1, 0.15) is 19.8 Å². The molecule has 0 rings (SSSR count). The molecule has 0 amide bonds. The van der Waals surface area contributed by atoms with Gasteiger partial charge in [-0.05, 0) is 6.42 Å². The monoisotopic (exact) mass is 260 g/mol. The van der Waals surface area contributed by atoms with E-state index in [4.69, 9.17) is 0 Å². The van der Waals surface area contributed by atoms with Gasteiger partial charge in [0, 0.05) is 6.08 Å². The van der Waals surface area contributed by atoms with E-state index in [0.29, 0.717) is 12.8 Å². The number of hydrogen-bond donors (Lipinski definition) is 0. The number of esters is 1. The second-order valence-corrected chi connectivity index (χ2v) is 4.22. The van der Waals surface area contributed by atoms with Crippen LogP contribution in [-0.2, 0) is 19.6 Å². The minimum atomic E-state index is -4.36. The molecule has 15 heavy (non-hydrogen) atoms. The molecule has 0 aliphatic carbocycles. The van der Waals surface area contributed by atoms with Gasteiger partial charge in [0.05, 0.1) is 15.9 Å². The maximum Gasteiger partial charge on any atom is 1.00 e. The summed E-state index contributed by atoms with van der Waals surface area (Å²) in [6, 6.07) is 0. The Bertz CT molecular complexity index is 298. The Balaban J connectivity index is 0. The molecule has 0 bridgehead atoms. The van der Waals surface area contributed by atoms with Gasteiger partial charge in [-0.15, -0.1) is 0 Å². The first-order chi connectivity index (χ1) is 6.39. The van der Waals surface area contributed by atoms with Crippen molar-refractivity contribution in [1.82, 2.24) is 0 Å². The molecule has 1 atom stereocenters. The van der Waals surface area contributed by atoms with Crippen molar-refractivity contribution in [3.63, 3.8) is 0 Å². The minimum absolute atomic E-state index is 0. The van der Waals surface area contributed by atoms with Crippen LogP contribution < -0.4 is 51.4 Å². The fraction of sp³-hybridized carbons (Fsp3) is 0.625. The Morgan fingerprint density at radius 2 is 2.13 bits per heavy atom. The fourth-order valence-corrected chi connectivity index (χ4v) is 1.63. The van der Waals surface area contributed by atoms with Crippen LogP contribution in [0.4, 0.5) is 0 Å². The van der Waals surface area contributed by atoms with E-state index in [2.05, 4.69) is 11.3 Å². The zero-order valence-corrected chi connectivity index (χ0v) is 12.9. The zero-order valence-electron chi connectivity index (χ0n) is 8.93. The predicted octanol–water partition coefficient (Wildman–Crippen LogP) is -2.57. The minimum Gasteiger partial charge on any atom is -0.748 e. The van der Waals surface area contributed by atoms with Gasteiger partial charge in [-0.1, -0.05) is 19.9 Å². The summed E-state index contributed by atoms with van der Waals surface area (Å²) >= 11 is 0. The van der Waals surface area contributed by atoms with E-state index in [-0.39, 0.29) is 51.4 Å². The van der Waals surface area contributed by atoms with Crippen LogP contribution >= 0.6 is 0 Å². The van der Waals surface area contributed by atoms with Crippen molar-refractivity contribution in [3.05, 3.63) is 12.7 Å². The number of ether oxygens (including phenoxy) is 1. The molecule has 0 saturated carbocycles. The second kappa shape index (κ2) is 8.86. The van der Waals surface area contributed by atoms with E-state index >= 15 is 0 Å². The summed E-state index contributed by atoms with van der Waals surface area (Å²) in [7, 11) is -4.36. The van der Waals surface area contributed by atoms with E-state index in [1.807, 2.05) is 0 Å². The van der Waals surface area contributed by atoms with Crippen molar-refractivity contribution in [1.29, 1.82) is 0 Å². The Kier molecular flexibility index (Phi) is 10.7. The van der Waals surface area contributed by atoms with Crippen LogP contribution in [0.2, 0.25) is 0 Å². The van der Waals surface area contributed by atoms with Crippen LogP contribution in [-0.4, -0.2) is 30.8 Å². The Hall–Kier alpha value is 0.756. The van der Waals surface area contributed by atoms with E-state index in [1.54, 1.807) is 6.92 Å². The molecule has 0 aromatic carbocycles. The van der Waals surface area contributed by atoms with Gasteiger partial charge in [0.1, 0.15) is 6.10 Å². The molecular formula is C8H13KO5S. The molecule has 0 fully saturated rings. The summed E-state index contributed by atoms with van der Waals surface area (Å²) in [5.41, 5.74) is 0. The molecule has 0 aliphatic rings. The first-order valence-electron chi connectivity index (χ1n) is 4.15. The van der Waals surface area contributed by atoms with Crippen molar-refractivity contribution in [2.75, 3.05) is 5.75 Å². The molecule has 82 valence electrons. The van der Waals surface area contributed by atoms with Gasteiger partial charge in [0.25, 0.3) is 0 Å². The van der Waals surface area contributed by atoms with Crippen molar-refractivity contribution < 1.29 is 73.9 Å². The molecule has 0 N–H and O–H groups in total. The first-order valence-corrected chi connectivity index (χ1v) is 5.73. The van der Waals surface area contributed by atoms with Crippen LogP contribution in [0.5, 0.6) is 0 Å². The number of rotatable bonds is 6. The Morgan fingerprint density at radius 3 is 2.47 bits per heavy atom. The van der Waals surface area contributed by atoms with Gasteiger partial charge in [-0.2, -0.15) is 0 Å². The van der Waals surface area contributed by atoms with Gasteiger partial charge < -0.3 is 9.29 Å². The number of carbonyl (C=O) groups is 1. The Labute approximate surface area is 132 Å². The van der Waals surface area contributed by atoms with Crippen molar-refractivity contribution in [3.8, 4) is 0 Å². The number of carbonyl (C=O) groups excluding carboxylic acids is 1. The second-order valence-electron chi connectivity index (χ2n) is 2.78. The third kappa shape index (κ3) is 11.0. The van der Waals surface area contributed by atoms with Crippen LogP contribution in [0, 0.1) is 0 Å². The van der Waals surface area contributed by atoms with E-state index in [1.165, 1.54) is 0 Å². The summed E-state index contributed by atoms with van der Waals surface area (Å²) in [5.74, 6) is -1.40. The SMILES string of the molecule is C=CC(=O)OC(CCC)CS(=O)(=O)[O-].[K+]. The van der Waals surface area contributed by atoms with Crippen molar-refractivity contribution >= 4 is 16.1 Å². The van der Waals surface area contributed by atoms with Crippen LogP contribution in [0.3, 0.4) is 0 Å². The molecule has 0 heterocycles. The summed E-state index contributed by atoms with van der Waals surface area (Å²) in [5, 5.41) is 0. The maximum absolute atomic E-state index is 10.7. The predicted molar refractivity (Wildman–Crippen MR) is 49.5 cm³/mol. The van der Waals surface area contributed by atoms with Crippen molar-refractivity contribution in [2.45, 2.75) is 25.9 Å². The summed E-state index contributed by atoms with van der Waals surface area (Å²) < 4.78 is 35.9. The molecule has 0 aromatic heterocycles. The van der Waals surface area contributed by atoms with Gasteiger partial charge in [-0.25, -0.2) is 13.2 Å². The normalized spacial score (nSPS) is 12.4. The molecule has 0 aromatic rings. The van der Waals surface area contributed by atoms with E-state index in [9.17, 15) is 17.8 Å². The topological polar surface area (TPSA) is 83.5 Å². The van der Waals surface area contributed by atoms with E-state index in [0.717, 1.165) is 6.08 Å². The third-order valence-corrected chi connectivity index (χ3v) is 2.23. The van der Waals surface area contributed by atoms with Gasteiger partial charge in [0.2, 0.25) is 0 Å². The summed E-state index contributed by atoms with van der Waals surface area (Å²) in [6.45, 7) is 4.97. The Morgan fingerprint density at radius 1 is 1.60 bits per heavy atom. The summed E-state index contributed by atoms with van der Waals surface area (Å²) in [4.78, 5) is 10.7. The fourth-order valence-electron chi connectivity index (χ4n) is 0.938. The largest absolute Gasteiger partial charge is 1.00 e. The van der Waals surface area contributed by atoms with Gasteiger partial charge in [0.15, 0.2) is 0 Å². The quantitative estimate of drug-likeness (QED) is 0.227. The standard InChI is InChI=1S/C8H14O5S.K/c1-3-5-7(6-14(10,11)12)13-8(9)4-2;/h4,7H,2-3,5-6H2,1H3,(H,10,11,12);/q;+1/p-1. The molecule has 0 aliphatic heterocycles. The van der Waals surface area contributed by atoms with Crippen molar-refractivity contribution in [2.24, 2.45) is 0 Å². The average Bonchev–Trinajstić information content (AvgIpc) is 2.01.